The van der Waals surface area contributed by atoms with Crippen molar-refractivity contribution in [3.05, 3.63) is 77.6 Å². The highest BCUT2D eigenvalue weighted by atomic mass is 32.1. The molecule has 8 heteroatoms. The molecule has 3 heterocycles. The van der Waals surface area contributed by atoms with Gasteiger partial charge in [0, 0.05) is 43.3 Å². The fourth-order valence-corrected chi connectivity index (χ4v) is 4.77. The van der Waals surface area contributed by atoms with Crippen LogP contribution in [-0.4, -0.2) is 51.8 Å². The Hall–Kier alpha value is -3.52. The second kappa shape index (κ2) is 9.15. The molecule has 0 radical (unpaired) electrons. The lowest BCUT2D eigenvalue weighted by Crippen LogP contribution is -2.49. The standard InChI is InChI=1S/C25H24FN5OS/c1-18-15-20(7-8-21(18)26)22-16-23(19-5-3-2-4-6-19)31(28-22)17-24(32)29-10-12-30(13-11-29)25-27-9-14-33-25/h2-9,14-16H,10-13,17H2,1H3. The molecule has 1 saturated heterocycles. The smallest absolute Gasteiger partial charge is 0.244 e. The summed E-state index contributed by atoms with van der Waals surface area (Å²) in [5, 5.41) is 7.71. The van der Waals surface area contributed by atoms with Crippen molar-refractivity contribution in [3.8, 4) is 22.5 Å². The number of piperazine rings is 1. The maximum Gasteiger partial charge on any atom is 0.244 e. The number of amides is 1. The van der Waals surface area contributed by atoms with Gasteiger partial charge >= 0.3 is 0 Å². The molecular weight excluding hydrogens is 437 g/mol. The van der Waals surface area contributed by atoms with Crippen molar-refractivity contribution in [2.75, 3.05) is 31.1 Å². The first kappa shape index (κ1) is 21.3. The van der Waals surface area contributed by atoms with E-state index in [1.54, 1.807) is 41.3 Å². The third-order valence-electron chi connectivity index (χ3n) is 5.91. The zero-order valence-electron chi connectivity index (χ0n) is 18.3. The molecule has 1 fully saturated rings. The molecule has 1 amide bonds. The minimum Gasteiger partial charge on any atom is -0.345 e. The highest BCUT2D eigenvalue weighted by molar-refractivity contribution is 7.13. The lowest BCUT2D eigenvalue weighted by molar-refractivity contribution is -0.132. The summed E-state index contributed by atoms with van der Waals surface area (Å²) in [6.07, 6.45) is 1.81. The van der Waals surface area contributed by atoms with Gasteiger partial charge in [-0.25, -0.2) is 9.37 Å². The van der Waals surface area contributed by atoms with Crippen molar-refractivity contribution in [1.82, 2.24) is 19.7 Å². The summed E-state index contributed by atoms with van der Waals surface area (Å²) in [5.74, 6) is -0.204. The maximum atomic E-state index is 13.8. The Morgan fingerprint density at radius 1 is 1.03 bits per heavy atom. The number of anilines is 1. The average molecular weight is 462 g/mol. The molecule has 0 spiro atoms. The molecule has 0 bridgehead atoms. The minimum atomic E-state index is -0.242. The van der Waals surface area contributed by atoms with Crippen LogP contribution in [0.4, 0.5) is 9.52 Å². The Kier molecular flexibility index (Phi) is 5.92. The van der Waals surface area contributed by atoms with Gasteiger partial charge in [0.1, 0.15) is 12.4 Å². The molecule has 2 aromatic heterocycles. The number of aromatic nitrogens is 3. The summed E-state index contributed by atoms with van der Waals surface area (Å²) in [6, 6.07) is 16.8. The van der Waals surface area contributed by atoms with Crippen molar-refractivity contribution < 1.29 is 9.18 Å². The molecule has 0 atom stereocenters. The van der Waals surface area contributed by atoms with Gasteiger partial charge in [0.2, 0.25) is 5.91 Å². The quantitative estimate of drug-likeness (QED) is 0.440. The first-order chi connectivity index (χ1) is 16.1. The van der Waals surface area contributed by atoms with Gasteiger partial charge in [-0.15, -0.1) is 11.3 Å². The van der Waals surface area contributed by atoms with E-state index in [4.69, 9.17) is 5.10 Å². The SMILES string of the molecule is Cc1cc(-c2cc(-c3ccccc3)n(CC(=O)N3CCN(c4nccs4)CC3)n2)ccc1F. The van der Waals surface area contributed by atoms with Crippen molar-refractivity contribution >= 4 is 22.4 Å². The Labute approximate surface area is 195 Å². The monoisotopic (exact) mass is 461 g/mol. The highest BCUT2D eigenvalue weighted by Crippen LogP contribution is 2.28. The van der Waals surface area contributed by atoms with Gasteiger partial charge in [-0.05, 0) is 42.3 Å². The molecule has 4 aromatic rings. The zero-order valence-corrected chi connectivity index (χ0v) is 19.1. The molecular formula is C25H24FN5OS. The van der Waals surface area contributed by atoms with Crippen LogP contribution in [0.5, 0.6) is 0 Å². The normalized spacial score (nSPS) is 14.0. The van der Waals surface area contributed by atoms with E-state index in [0.717, 1.165) is 40.7 Å². The number of benzene rings is 2. The molecule has 6 nitrogen and oxygen atoms in total. The number of hydrogen-bond donors (Lipinski definition) is 0. The minimum absolute atomic E-state index is 0.0379. The molecule has 1 aliphatic heterocycles. The van der Waals surface area contributed by atoms with Gasteiger partial charge in [0.25, 0.3) is 0 Å². The summed E-state index contributed by atoms with van der Waals surface area (Å²) in [5.41, 5.74) is 3.96. The topological polar surface area (TPSA) is 54.3 Å². The average Bonchev–Trinajstić information content (AvgIpc) is 3.52. The van der Waals surface area contributed by atoms with Gasteiger partial charge in [-0.3, -0.25) is 9.48 Å². The molecule has 5 rings (SSSR count). The van der Waals surface area contributed by atoms with Crippen LogP contribution in [0.25, 0.3) is 22.5 Å². The van der Waals surface area contributed by atoms with E-state index in [-0.39, 0.29) is 18.3 Å². The van der Waals surface area contributed by atoms with Crippen LogP contribution in [0.3, 0.4) is 0 Å². The van der Waals surface area contributed by atoms with Gasteiger partial charge in [-0.1, -0.05) is 30.3 Å². The third kappa shape index (κ3) is 4.52. The van der Waals surface area contributed by atoms with E-state index in [2.05, 4.69) is 9.88 Å². The molecule has 168 valence electrons. The molecule has 0 N–H and O–H groups in total. The van der Waals surface area contributed by atoms with Crippen LogP contribution in [0.1, 0.15) is 5.56 Å². The van der Waals surface area contributed by atoms with Crippen LogP contribution in [0.15, 0.2) is 66.2 Å². The van der Waals surface area contributed by atoms with Crippen LogP contribution in [0.2, 0.25) is 0 Å². The number of thiazole rings is 1. The molecule has 0 aliphatic carbocycles. The van der Waals surface area contributed by atoms with Crippen LogP contribution in [-0.2, 0) is 11.3 Å². The van der Waals surface area contributed by atoms with Crippen molar-refractivity contribution in [2.45, 2.75) is 13.5 Å². The summed E-state index contributed by atoms with van der Waals surface area (Å²) in [7, 11) is 0. The number of halogens is 1. The van der Waals surface area contributed by atoms with Crippen molar-refractivity contribution in [3.63, 3.8) is 0 Å². The van der Waals surface area contributed by atoms with Gasteiger partial charge < -0.3 is 9.80 Å². The number of aryl methyl sites for hydroxylation is 1. The zero-order chi connectivity index (χ0) is 22.8. The summed E-state index contributed by atoms with van der Waals surface area (Å²) in [6.45, 7) is 4.74. The van der Waals surface area contributed by atoms with E-state index < -0.39 is 0 Å². The molecule has 33 heavy (non-hydrogen) atoms. The Bertz CT molecular complexity index is 1250. The predicted octanol–water partition coefficient (Wildman–Crippen LogP) is 4.47. The second-order valence-electron chi connectivity index (χ2n) is 8.08. The van der Waals surface area contributed by atoms with E-state index in [1.807, 2.05) is 46.7 Å². The van der Waals surface area contributed by atoms with Crippen LogP contribution < -0.4 is 4.90 Å². The lowest BCUT2D eigenvalue weighted by atomic mass is 10.1. The molecule has 0 unspecified atom stereocenters. The third-order valence-corrected chi connectivity index (χ3v) is 6.74. The first-order valence-corrected chi connectivity index (χ1v) is 11.8. The van der Waals surface area contributed by atoms with Gasteiger partial charge in [0.15, 0.2) is 5.13 Å². The van der Waals surface area contributed by atoms with Crippen molar-refractivity contribution in [2.24, 2.45) is 0 Å². The fraction of sp³-hybridized carbons (Fsp3) is 0.240. The van der Waals surface area contributed by atoms with E-state index in [9.17, 15) is 9.18 Å². The fourth-order valence-electron chi connectivity index (χ4n) is 4.07. The molecule has 1 aliphatic rings. The summed E-state index contributed by atoms with van der Waals surface area (Å²) >= 11 is 1.62. The molecule has 2 aromatic carbocycles. The Balaban J connectivity index is 1.38. The Morgan fingerprint density at radius 2 is 1.82 bits per heavy atom. The van der Waals surface area contributed by atoms with E-state index in [0.29, 0.717) is 18.7 Å². The lowest BCUT2D eigenvalue weighted by Gasteiger charge is -2.34. The number of rotatable bonds is 5. The number of carbonyl (C=O) groups is 1. The summed E-state index contributed by atoms with van der Waals surface area (Å²) in [4.78, 5) is 21.6. The van der Waals surface area contributed by atoms with Gasteiger partial charge in [0.05, 0.1) is 11.4 Å². The summed E-state index contributed by atoms with van der Waals surface area (Å²) < 4.78 is 15.5. The highest BCUT2D eigenvalue weighted by Gasteiger charge is 2.24. The maximum absolute atomic E-state index is 13.8. The van der Waals surface area contributed by atoms with E-state index >= 15 is 0 Å². The van der Waals surface area contributed by atoms with Crippen LogP contribution in [0, 0.1) is 12.7 Å². The molecule has 0 saturated carbocycles. The van der Waals surface area contributed by atoms with E-state index in [1.165, 1.54) is 6.07 Å². The predicted molar refractivity (Wildman–Crippen MR) is 129 cm³/mol. The van der Waals surface area contributed by atoms with Gasteiger partial charge in [-0.2, -0.15) is 5.10 Å². The number of hydrogen-bond acceptors (Lipinski definition) is 5. The largest absolute Gasteiger partial charge is 0.345 e. The second-order valence-corrected chi connectivity index (χ2v) is 8.96. The number of carbonyl (C=O) groups excluding carboxylic acids is 1. The number of nitrogens with zero attached hydrogens (tertiary/aromatic N) is 5. The first-order valence-electron chi connectivity index (χ1n) is 10.9. The Morgan fingerprint density at radius 3 is 2.52 bits per heavy atom. The van der Waals surface area contributed by atoms with Crippen LogP contribution >= 0.6 is 11.3 Å². The van der Waals surface area contributed by atoms with Crippen molar-refractivity contribution in [1.29, 1.82) is 0 Å².